The van der Waals surface area contributed by atoms with Crippen LogP contribution in [0.4, 0.5) is 0 Å². The first-order chi connectivity index (χ1) is 15.5. The molecule has 0 aromatic heterocycles. The van der Waals surface area contributed by atoms with Crippen molar-refractivity contribution in [2.45, 2.75) is 63.2 Å². The molecule has 3 saturated heterocycles. The van der Waals surface area contributed by atoms with E-state index in [9.17, 15) is 9.90 Å². The van der Waals surface area contributed by atoms with Gasteiger partial charge in [0.1, 0.15) is 12.6 Å². The highest BCUT2D eigenvalue weighted by molar-refractivity contribution is 5.81. The summed E-state index contributed by atoms with van der Waals surface area (Å²) in [5, 5.41) is 11.8. The Balaban J connectivity index is 1.38. The number of aliphatic hydroxyl groups is 1. The van der Waals surface area contributed by atoms with E-state index >= 15 is 0 Å². The molecule has 6 rings (SSSR count). The van der Waals surface area contributed by atoms with E-state index in [2.05, 4.69) is 37.3 Å². The van der Waals surface area contributed by atoms with E-state index < -0.39 is 11.6 Å². The van der Waals surface area contributed by atoms with E-state index in [1.165, 1.54) is 5.56 Å². The standard InChI is InChI=1S/C28H36NO3/c1-21(22-10-4-2-5-11-22)29-18-16-23(17-19-29)26(20-29)32-27(30)28(31,25-14-8-9-15-25)24-12-6-3-7-13-24/h2-7,10-13,21,23,25-26,31H,8-9,14-20H2,1H3/q+1/t21?,23?,26-,28-,29?/m0/s1. The van der Waals surface area contributed by atoms with Crippen LogP contribution in [0.3, 0.4) is 0 Å². The van der Waals surface area contributed by atoms with E-state index in [4.69, 9.17) is 4.74 Å². The van der Waals surface area contributed by atoms with Gasteiger partial charge in [0.05, 0.1) is 13.1 Å². The Morgan fingerprint density at radius 3 is 2.19 bits per heavy atom. The highest BCUT2D eigenvalue weighted by atomic mass is 16.6. The number of quaternary nitrogens is 1. The summed E-state index contributed by atoms with van der Waals surface area (Å²) in [5.74, 6) is -0.0877. The minimum Gasteiger partial charge on any atom is -0.454 e. The van der Waals surface area contributed by atoms with Gasteiger partial charge >= 0.3 is 5.97 Å². The maximum absolute atomic E-state index is 13.7. The first kappa shape index (κ1) is 21.7. The normalized spacial score (nSPS) is 30.6. The smallest absolute Gasteiger partial charge is 0.343 e. The maximum Gasteiger partial charge on any atom is 0.343 e. The van der Waals surface area contributed by atoms with Gasteiger partial charge in [0.25, 0.3) is 0 Å². The topological polar surface area (TPSA) is 46.5 Å². The Kier molecular flexibility index (Phi) is 5.85. The predicted molar refractivity (Wildman–Crippen MR) is 125 cm³/mol. The second-order valence-electron chi connectivity index (χ2n) is 10.3. The highest BCUT2D eigenvalue weighted by Gasteiger charge is 2.53. The SMILES string of the molecule is CC(c1ccccc1)[N+]12CCC(CC1)[C@@H](OC(=O)[C@](O)(c1ccccc1)C1CCCC1)C2. The van der Waals surface area contributed by atoms with Crippen LogP contribution in [0.2, 0.25) is 0 Å². The molecule has 0 spiro atoms. The maximum atomic E-state index is 13.7. The average molecular weight is 435 g/mol. The molecule has 2 aromatic carbocycles. The summed E-state index contributed by atoms with van der Waals surface area (Å²) in [6.45, 7) is 5.45. The van der Waals surface area contributed by atoms with Gasteiger partial charge in [-0.15, -0.1) is 0 Å². The fraction of sp³-hybridized carbons (Fsp3) is 0.536. The number of piperidine rings is 3. The van der Waals surface area contributed by atoms with Crippen LogP contribution in [0.25, 0.3) is 0 Å². The quantitative estimate of drug-likeness (QED) is 0.515. The molecule has 3 heterocycles. The van der Waals surface area contributed by atoms with Gasteiger partial charge in [0.2, 0.25) is 0 Å². The van der Waals surface area contributed by atoms with Crippen molar-refractivity contribution in [1.29, 1.82) is 0 Å². The van der Waals surface area contributed by atoms with Crippen LogP contribution >= 0.6 is 0 Å². The zero-order chi connectivity index (χ0) is 22.2. The lowest BCUT2D eigenvalue weighted by molar-refractivity contribution is -0.972. The molecule has 4 aliphatic rings. The fourth-order valence-corrected chi connectivity index (χ4v) is 6.67. The van der Waals surface area contributed by atoms with Crippen LogP contribution in [0.5, 0.6) is 0 Å². The first-order valence-corrected chi connectivity index (χ1v) is 12.4. The number of nitrogens with zero attached hydrogens (tertiary/aromatic N) is 1. The summed E-state index contributed by atoms with van der Waals surface area (Å²) in [6.07, 6.45) is 5.93. The molecule has 1 saturated carbocycles. The van der Waals surface area contributed by atoms with Crippen molar-refractivity contribution in [3.05, 3.63) is 71.8 Å². The zero-order valence-electron chi connectivity index (χ0n) is 19.2. The molecule has 0 radical (unpaired) electrons. The van der Waals surface area contributed by atoms with E-state index in [-0.39, 0.29) is 12.0 Å². The molecular weight excluding hydrogens is 398 g/mol. The third-order valence-corrected chi connectivity index (χ3v) is 8.79. The third kappa shape index (κ3) is 3.68. The van der Waals surface area contributed by atoms with Gasteiger partial charge in [-0.3, -0.25) is 0 Å². The number of hydrogen-bond acceptors (Lipinski definition) is 3. The van der Waals surface area contributed by atoms with Crippen LogP contribution in [0, 0.1) is 11.8 Å². The monoisotopic (exact) mass is 434 g/mol. The van der Waals surface area contributed by atoms with Crippen molar-refractivity contribution < 1.29 is 19.1 Å². The van der Waals surface area contributed by atoms with Crippen LogP contribution in [0.1, 0.15) is 62.6 Å². The Morgan fingerprint density at radius 1 is 0.969 bits per heavy atom. The Labute approximate surface area is 191 Å². The molecule has 0 amide bonds. The number of fused-ring (bicyclic) bond motifs is 3. The number of benzene rings is 2. The van der Waals surface area contributed by atoms with Crippen LogP contribution < -0.4 is 0 Å². The number of ether oxygens (including phenoxy) is 1. The van der Waals surface area contributed by atoms with Crippen molar-refractivity contribution in [1.82, 2.24) is 0 Å². The Hall–Kier alpha value is -2.17. The molecule has 2 bridgehead atoms. The molecule has 4 fully saturated rings. The van der Waals surface area contributed by atoms with Crippen molar-refractivity contribution in [3.63, 3.8) is 0 Å². The lowest BCUT2D eigenvalue weighted by Crippen LogP contribution is -2.65. The largest absolute Gasteiger partial charge is 0.454 e. The predicted octanol–water partition coefficient (Wildman–Crippen LogP) is 4.98. The molecule has 1 aliphatic carbocycles. The van der Waals surface area contributed by atoms with E-state index in [0.717, 1.165) is 62.6 Å². The summed E-state index contributed by atoms with van der Waals surface area (Å²) in [6, 6.07) is 20.6. The van der Waals surface area contributed by atoms with Gasteiger partial charge in [-0.1, -0.05) is 73.5 Å². The summed E-state index contributed by atoms with van der Waals surface area (Å²) >= 11 is 0. The Morgan fingerprint density at radius 2 is 1.56 bits per heavy atom. The number of carbonyl (C=O) groups is 1. The van der Waals surface area contributed by atoms with Crippen molar-refractivity contribution >= 4 is 5.97 Å². The molecule has 4 nitrogen and oxygen atoms in total. The van der Waals surface area contributed by atoms with Crippen molar-refractivity contribution in [2.24, 2.45) is 11.8 Å². The fourth-order valence-electron chi connectivity index (χ4n) is 6.67. The third-order valence-electron chi connectivity index (χ3n) is 8.79. The van der Waals surface area contributed by atoms with Gasteiger partial charge < -0.3 is 14.3 Å². The van der Waals surface area contributed by atoms with E-state index in [1.54, 1.807) is 0 Å². The molecule has 2 aromatic rings. The minimum atomic E-state index is -1.54. The number of hydrogen-bond donors (Lipinski definition) is 1. The molecule has 3 aliphatic heterocycles. The molecular formula is C28H36NO3+. The first-order valence-electron chi connectivity index (χ1n) is 12.4. The number of rotatable bonds is 6. The summed E-state index contributed by atoms with van der Waals surface area (Å²) in [5.41, 5.74) is 0.490. The summed E-state index contributed by atoms with van der Waals surface area (Å²) in [7, 11) is 0. The second kappa shape index (κ2) is 8.64. The molecule has 1 N–H and O–H groups in total. The number of esters is 1. The molecule has 32 heavy (non-hydrogen) atoms. The van der Waals surface area contributed by atoms with Gasteiger partial charge in [-0.25, -0.2) is 4.79 Å². The van der Waals surface area contributed by atoms with Crippen molar-refractivity contribution in [3.8, 4) is 0 Å². The second-order valence-corrected chi connectivity index (χ2v) is 10.3. The average Bonchev–Trinajstić information content (AvgIpc) is 3.40. The van der Waals surface area contributed by atoms with Gasteiger partial charge in [-0.05, 0) is 25.3 Å². The molecule has 3 atom stereocenters. The summed E-state index contributed by atoms with van der Waals surface area (Å²) < 4.78 is 7.24. The van der Waals surface area contributed by atoms with Crippen molar-refractivity contribution in [2.75, 3.05) is 19.6 Å². The van der Waals surface area contributed by atoms with Crippen LogP contribution in [-0.4, -0.2) is 41.3 Å². The molecule has 4 heteroatoms. The van der Waals surface area contributed by atoms with E-state index in [1.807, 2.05) is 30.3 Å². The number of carbonyl (C=O) groups excluding carboxylic acids is 1. The summed E-state index contributed by atoms with van der Waals surface area (Å²) in [4.78, 5) is 13.7. The lowest BCUT2D eigenvalue weighted by atomic mass is 9.79. The zero-order valence-corrected chi connectivity index (χ0v) is 19.2. The highest BCUT2D eigenvalue weighted by Crippen LogP contribution is 2.45. The van der Waals surface area contributed by atoms with Crippen LogP contribution in [-0.2, 0) is 15.1 Å². The van der Waals surface area contributed by atoms with Gasteiger partial charge in [0, 0.05) is 30.2 Å². The Bertz CT molecular complexity index is 916. The van der Waals surface area contributed by atoms with E-state index in [0.29, 0.717) is 17.5 Å². The van der Waals surface area contributed by atoms with Crippen LogP contribution in [0.15, 0.2) is 60.7 Å². The minimum absolute atomic E-state index is 0.0649. The van der Waals surface area contributed by atoms with Gasteiger partial charge in [-0.2, -0.15) is 0 Å². The van der Waals surface area contributed by atoms with Gasteiger partial charge in [0.15, 0.2) is 11.7 Å². The molecule has 170 valence electrons. The molecule has 1 unspecified atom stereocenters. The lowest BCUT2D eigenvalue weighted by Gasteiger charge is -2.55.